The highest BCUT2D eigenvalue weighted by Crippen LogP contribution is 2.44. The zero-order valence-electron chi connectivity index (χ0n) is 16.7. The van der Waals surface area contributed by atoms with Crippen LogP contribution in [0.25, 0.3) is 0 Å². The Balaban J connectivity index is 1.72. The number of halogens is 2. The van der Waals surface area contributed by atoms with Gasteiger partial charge in [-0.1, -0.05) is 39.7 Å². The molecule has 2 aliphatic heterocycles. The summed E-state index contributed by atoms with van der Waals surface area (Å²) in [7, 11) is 3.33. The third-order valence-electron chi connectivity index (χ3n) is 5.75. The number of ether oxygens (including phenoxy) is 2. The summed E-state index contributed by atoms with van der Waals surface area (Å²) in [6, 6.07) is 18.6. The van der Waals surface area contributed by atoms with Gasteiger partial charge in [0.1, 0.15) is 5.84 Å². The number of benzene rings is 3. The Labute approximate surface area is 189 Å². The lowest BCUT2D eigenvalue weighted by Crippen LogP contribution is -2.43. The van der Waals surface area contributed by atoms with Gasteiger partial charge in [-0.25, -0.2) is 4.99 Å². The van der Waals surface area contributed by atoms with Crippen molar-refractivity contribution >= 4 is 39.1 Å². The van der Waals surface area contributed by atoms with E-state index in [4.69, 9.17) is 26.1 Å². The Morgan fingerprint density at radius 3 is 2.47 bits per heavy atom. The van der Waals surface area contributed by atoms with Gasteiger partial charge in [0.05, 0.1) is 25.9 Å². The zero-order chi connectivity index (χ0) is 20.8. The summed E-state index contributed by atoms with van der Waals surface area (Å²) in [6.07, 6.45) is 0.900. The van der Waals surface area contributed by atoms with Crippen molar-refractivity contribution in [2.75, 3.05) is 20.8 Å². The van der Waals surface area contributed by atoms with Gasteiger partial charge in [0, 0.05) is 27.2 Å². The minimum atomic E-state index is 0.0422. The fraction of sp³-hybridized carbons (Fsp3) is 0.208. The third-order valence-corrected chi connectivity index (χ3v) is 6.52. The molecule has 0 radical (unpaired) electrons. The summed E-state index contributed by atoms with van der Waals surface area (Å²) in [6.45, 7) is 0.855. The molecule has 2 aliphatic rings. The van der Waals surface area contributed by atoms with E-state index in [1.54, 1.807) is 14.2 Å². The zero-order valence-corrected chi connectivity index (χ0v) is 19.0. The van der Waals surface area contributed by atoms with E-state index in [1.165, 1.54) is 11.1 Å². The molecule has 0 aromatic heterocycles. The van der Waals surface area contributed by atoms with Crippen molar-refractivity contribution in [2.45, 2.75) is 12.5 Å². The molecular weight excluding hydrogens is 464 g/mol. The van der Waals surface area contributed by atoms with Crippen LogP contribution in [0, 0.1) is 0 Å². The molecule has 0 saturated heterocycles. The summed E-state index contributed by atoms with van der Waals surface area (Å²) >= 11 is 9.93. The Morgan fingerprint density at radius 2 is 1.73 bits per heavy atom. The molecule has 0 amide bonds. The normalized spacial score (nSPS) is 16.9. The van der Waals surface area contributed by atoms with E-state index in [0.717, 1.165) is 50.9 Å². The van der Waals surface area contributed by atoms with Crippen LogP contribution >= 0.6 is 27.5 Å². The maximum Gasteiger partial charge on any atom is 0.161 e. The third kappa shape index (κ3) is 3.17. The van der Waals surface area contributed by atoms with Crippen LogP contribution in [-0.4, -0.2) is 31.5 Å². The number of amidine groups is 1. The van der Waals surface area contributed by atoms with Crippen LogP contribution in [0.5, 0.6) is 11.5 Å². The molecule has 1 atom stereocenters. The minimum Gasteiger partial charge on any atom is -0.493 e. The van der Waals surface area contributed by atoms with Gasteiger partial charge in [-0.2, -0.15) is 0 Å². The first-order chi connectivity index (χ1) is 14.6. The summed E-state index contributed by atoms with van der Waals surface area (Å²) < 4.78 is 12.1. The fourth-order valence-electron chi connectivity index (χ4n) is 4.35. The molecule has 0 unspecified atom stereocenters. The van der Waals surface area contributed by atoms with E-state index < -0.39 is 0 Å². The second kappa shape index (κ2) is 7.64. The topological polar surface area (TPSA) is 34.1 Å². The van der Waals surface area contributed by atoms with Crippen LogP contribution in [-0.2, 0) is 6.42 Å². The van der Waals surface area contributed by atoms with Gasteiger partial charge in [-0.05, 0) is 60.0 Å². The van der Waals surface area contributed by atoms with Crippen molar-refractivity contribution in [2.24, 2.45) is 4.99 Å². The molecule has 0 spiro atoms. The van der Waals surface area contributed by atoms with Gasteiger partial charge in [-0.15, -0.1) is 0 Å². The van der Waals surface area contributed by atoms with Crippen LogP contribution in [0.1, 0.15) is 28.3 Å². The maximum absolute atomic E-state index is 6.38. The second-order valence-corrected chi connectivity index (χ2v) is 8.75. The minimum absolute atomic E-state index is 0.0422. The van der Waals surface area contributed by atoms with Crippen molar-refractivity contribution in [1.29, 1.82) is 0 Å². The molecule has 0 saturated carbocycles. The summed E-state index contributed by atoms with van der Waals surface area (Å²) in [4.78, 5) is 7.42. The molecular formula is C24H20BrClN2O2. The van der Waals surface area contributed by atoms with Crippen molar-refractivity contribution < 1.29 is 9.47 Å². The molecule has 0 N–H and O–H groups in total. The average Bonchev–Trinajstić information content (AvgIpc) is 2.77. The van der Waals surface area contributed by atoms with E-state index in [9.17, 15) is 0 Å². The molecule has 0 fully saturated rings. The highest BCUT2D eigenvalue weighted by molar-refractivity contribution is 9.10. The Morgan fingerprint density at radius 1 is 1.00 bits per heavy atom. The van der Waals surface area contributed by atoms with Gasteiger partial charge in [0.25, 0.3) is 0 Å². The number of methoxy groups -OCH3 is 2. The number of rotatable bonds is 3. The Kier molecular flexibility index (Phi) is 4.95. The number of fused-ring (bicyclic) bond motifs is 4. The average molecular weight is 484 g/mol. The molecule has 152 valence electrons. The number of aliphatic imine (C=N–C) groups is 1. The predicted octanol–water partition coefficient (Wildman–Crippen LogP) is 6.16. The molecule has 30 heavy (non-hydrogen) atoms. The lowest BCUT2D eigenvalue weighted by atomic mass is 9.89. The van der Waals surface area contributed by atoms with Crippen molar-refractivity contribution in [3.05, 3.63) is 86.3 Å². The lowest BCUT2D eigenvalue weighted by Gasteiger charge is -2.42. The SMILES string of the molecule is COc1cc2c(cc1OC)C1=Nc3ccc(Cl)cc3[C@H](c3ccc(Br)cc3)N1CC2. The highest BCUT2D eigenvalue weighted by Gasteiger charge is 2.36. The number of nitrogens with zero attached hydrogens (tertiary/aromatic N) is 2. The molecule has 5 rings (SSSR count). The van der Waals surface area contributed by atoms with Gasteiger partial charge >= 0.3 is 0 Å². The monoisotopic (exact) mass is 482 g/mol. The van der Waals surface area contributed by atoms with Crippen LogP contribution in [0.4, 0.5) is 5.69 Å². The number of hydrogen-bond acceptors (Lipinski definition) is 4. The van der Waals surface area contributed by atoms with Gasteiger partial charge in [0.2, 0.25) is 0 Å². The first-order valence-corrected chi connectivity index (χ1v) is 10.9. The standard InChI is InChI=1S/C24H20BrClN2O2/c1-29-21-11-15-9-10-28-23(14-3-5-16(25)6-4-14)19-12-17(26)7-8-20(19)27-24(28)18(15)13-22(21)30-2/h3-8,11-13,23H,9-10H2,1-2H3/t23-/m0/s1. The first-order valence-electron chi connectivity index (χ1n) is 9.74. The van der Waals surface area contributed by atoms with Crippen molar-refractivity contribution in [3.8, 4) is 11.5 Å². The summed E-state index contributed by atoms with van der Waals surface area (Å²) in [5, 5.41) is 0.721. The molecule has 2 heterocycles. The Hall–Kier alpha value is -2.50. The van der Waals surface area contributed by atoms with E-state index in [2.05, 4.69) is 51.2 Å². The van der Waals surface area contributed by atoms with Crippen LogP contribution < -0.4 is 9.47 Å². The second-order valence-electron chi connectivity index (χ2n) is 7.40. The smallest absolute Gasteiger partial charge is 0.161 e. The highest BCUT2D eigenvalue weighted by atomic mass is 79.9. The molecule has 0 bridgehead atoms. The predicted molar refractivity (Wildman–Crippen MR) is 124 cm³/mol. The van der Waals surface area contributed by atoms with Crippen molar-refractivity contribution in [3.63, 3.8) is 0 Å². The van der Waals surface area contributed by atoms with E-state index in [-0.39, 0.29) is 6.04 Å². The van der Waals surface area contributed by atoms with Crippen LogP contribution in [0.3, 0.4) is 0 Å². The van der Waals surface area contributed by atoms with Gasteiger partial charge in [-0.3, -0.25) is 0 Å². The first kappa shape index (κ1) is 19.5. The fourth-order valence-corrected chi connectivity index (χ4v) is 4.79. The van der Waals surface area contributed by atoms with E-state index in [0.29, 0.717) is 5.75 Å². The molecule has 3 aromatic rings. The largest absolute Gasteiger partial charge is 0.493 e. The summed E-state index contributed by atoms with van der Waals surface area (Å²) in [5.41, 5.74) is 5.58. The quantitative estimate of drug-likeness (QED) is 0.447. The van der Waals surface area contributed by atoms with Crippen LogP contribution in [0.15, 0.2) is 64.1 Å². The molecule has 6 heteroatoms. The van der Waals surface area contributed by atoms with Crippen LogP contribution in [0.2, 0.25) is 5.02 Å². The van der Waals surface area contributed by atoms with Gasteiger partial charge < -0.3 is 14.4 Å². The maximum atomic E-state index is 6.38. The van der Waals surface area contributed by atoms with E-state index >= 15 is 0 Å². The van der Waals surface area contributed by atoms with E-state index in [1.807, 2.05) is 24.3 Å². The van der Waals surface area contributed by atoms with Crippen molar-refractivity contribution in [1.82, 2.24) is 4.90 Å². The summed E-state index contributed by atoms with van der Waals surface area (Å²) in [5.74, 6) is 2.42. The number of hydrogen-bond donors (Lipinski definition) is 0. The van der Waals surface area contributed by atoms with Gasteiger partial charge in [0.15, 0.2) is 11.5 Å². The Bertz CT molecular complexity index is 1160. The molecule has 0 aliphatic carbocycles. The molecule has 3 aromatic carbocycles. The lowest BCUT2D eigenvalue weighted by molar-refractivity contribution is 0.340. The molecule has 4 nitrogen and oxygen atoms in total.